The average molecular weight is 461 g/mol. The summed E-state index contributed by atoms with van der Waals surface area (Å²) in [6.45, 7) is 1.66. The zero-order valence-electron chi connectivity index (χ0n) is 16.5. The van der Waals surface area contributed by atoms with Crippen molar-refractivity contribution in [1.29, 1.82) is 0 Å². The van der Waals surface area contributed by atoms with Crippen LogP contribution in [0.15, 0.2) is 65.0 Å². The number of rotatable bonds is 6. The van der Waals surface area contributed by atoms with Gasteiger partial charge in [-0.1, -0.05) is 12.1 Å². The Bertz CT molecular complexity index is 1140. The highest BCUT2D eigenvalue weighted by atomic mass is 32.2. The van der Waals surface area contributed by atoms with Crippen molar-refractivity contribution in [2.24, 2.45) is 0 Å². The van der Waals surface area contributed by atoms with Crippen LogP contribution in [-0.2, 0) is 10.0 Å². The van der Waals surface area contributed by atoms with Crippen LogP contribution in [-0.4, -0.2) is 38.4 Å². The van der Waals surface area contributed by atoms with E-state index in [4.69, 9.17) is 0 Å². The predicted molar refractivity (Wildman–Crippen MR) is 118 cm³/mol. The fourth-order valence-corrected chi connectivity index (χ4v) is 5.25. The fraction of sp³-hybridized carbons (Fsp3) is 0.238. The van der Waals surface area contributed by atoms with E-state index in [-0.39, 0.29) is 17.6 Å². The lowest BCUT2D eigenvalue weighted by atomic mass is 10.0. The summed E-state index contributed by atoms with van der Waals surface area (Å²) in [5.74, 6) is -1.04. The Morgan fingerprint density at radius 3 is 2.45 bits per heavy atom. The Balaban J connectivity index is 1.34. The van der Waals surface area contributed by atoms with Crippen LogP contribution in [0.4, 0.5) is 15.2 Å². The van der Waals surface area contributed by atoms with E-state index in [1.54, 1.807) is 29.7 Å². The van der Waals surface area contributed by atoms with Crippen LogP contribution < -0.4 is 14.9 Å². The topological polar surface area (TPSA) is 91.4 Å². The third-order valence-corrected chi connectivity index (χ3v) is 7.29. The molecule has 1 fully saturated rings. The number of amides is 1. The molecule has 0 atom stereocenters. The van der Waals surface area contributed by atoms with Gasteiger partial charge < -0.3 is 10.2 Å². The maximum absolute atomic E-state index is 13.8. The van der Waals surface area contributed by atoms with Crippen molar-refractivity contribution in [2.75, 3.05) is 22.7 Å². The van der Waals surface area contributed by atoms with Crippen LogP contribution in [0, 0.1) is 5.82 Å². The van der Waals surface area contributed by atoms with Gasteiger partial charge in [-0.25, -0.2) is 17.8 Å². The molecule has 10 heteroatoms. The number of thiazole rings is 1. The number of benzene rings is 2. The van der Waals surface area contributed by atoms with E-state index in [1.165, 1.54) is 30.3 Å². The highest BCUT2D eigenvalue weighted by molar-refractivity contribution is 7.92. The first-order valence-electron chi connectivity index (χ1n) is 9.75. The summed E-state index contributed by atoms with van der Waals surface area (Å²) in [5, 5.41) is 5.98. The molecule has 0 radical (unpaired) electrons. The van der Waals surface area contributed by atoms with Crippen molar-refractivity contribution in [3.63, 3.8) is 0 Å². The van der Waals surface area contributed by atoms with Gasteiger partial charge >= 0.3 is 0 Å². The molecule has 0 aliphatic carbocycles. The minimum Gasteiger partial charge on any atom is -0.349 e. The van der Waals surface area contributed by atoms with Crippen molar-refractivity contribution in [3.05, 3.63) is 71.5 Å². The van der Waals surface area contributed by atoms with Gasteiger partial charge in [0.05, 0.1) is 0 Å². The number of hydrogen-bond donors (Lipinski definition) is 2. The van der Waals surface area contributed by atoms with Gasteiger partial charge in [0, 0.05) is 42.0 Å². The van der Waals surface area contributed by atoms with Gasteiger partial charge in [0.25, 0.3) is 15.9 Å². The van der Waals surface area contributed by atoms with Gasteiger partial charge in [0.15, 0.2) is 5.13 Å². The number of nitrogens with one attached hydrogen (secondary N) is 2. The number of aromatic nitrogens is 1. The summed E-state index contributed by atoms with van der Waals surface area (Å²) < 4.78 is 40.9. The molecule has 1 amide bonds. The van der Waals surface area contributed by atoms with E-state index >= 15 is 0 Å². The van der Waals surface area contributed by atoms with Gasteiger partial charge in [-0.05, 0) is 49.2 Å². The molecule has 0 spiro atoms. The van der Waals surface area contributed by atoms with Gasteiger partial charge in [0.1, 0.15) is 10.7 Å². The third kappa shape index (κ3) is 5.02. The lowest BCUT2D eigenvalue weighted by Gasteiger charge is -2.32. The quantitative estimate of drug-likeness (QED) is 0.588. The Hall–Kier alpha value is -2.98. The lowest BCUT2D eigenvalue weighted by Crippen LogP contribution is -2.44. The Morgan fingerprint density at radius 2 is 1.81 bits per heavy atom. The monoisotopic (exact) mass is 460 g/mol. The van der Waals surface area contributed by atoms with Crippen LogP contribution in [0.2, 0.25) is 0 Å². The summed E-state index contributed by atoms with van der Waals surface area (Å²) in [6, 6.07) is 11.3. The van der Waals surface area contributed by atoms with Gasteiger partial charge in [-0.15, -0.1) is 11.3 Å². The number of hydrogen-bond acceptors (Lipinski definition) is 6. The van der Waals surface area contributed by atoms with E-state index in [2.05, 4.69) is 19.9 Å². The van der Waals surface area contributed by atoms with Crippen molar-refractivity contribution in [2.45, 2.75) is 23.8 Å². The van der Waals surface area contributed by atoms with E-state index in [0.717, 1.165) is 37.1 Å². The Kier molecular flexibility index (Phi) is 6.19. The molecule has 162 valence electrons. The Morgan fingerprint density at radius 1 is 1.10 bits per heavy atom. The van der Waals surface area contributed by atoms with E-state index < -0.39 is 20.7 Å². The summed E-state index contributed by atoms with van der Waals surface area (Å²) in [4.78, 5) is 18.7. The molecule has 0 unspecified atom stereocenters. The van der Waals surface area contributed by atoms with Crippen LogP contribution >= 0.6 is 11.3 Å². The van der Waals surface area contributed by atoms with Crippen molar-refractivity contribution >= 4 is 38.1 Å². The van der Waals surface area contributed by atoms with E-state index in [9.17, 15) is 17.6 Å². The fourth-order valence-electron chi connectivity index (χ4n) is 3.42. The number of carbonyl (C=O) groups is 1. The maximum atomic E-state index is 13.8. The molecule has 2 aromatic carbocycles. The largest absolute Gasteiger partial charge is 0.349 e. The molecular formula is C21H21FN4O3S2. The highest BCUT2D eigenvalue weighted by Gasteiger charge is 2.23. The second kappa shape index (κ2) is 9.03. The summed E-state index contributed by atoms with van der Waals surface area (Å²) in [5.41, 5.74) is 0.674. The SMILES string of the molecule is O=C(NC1CCN(c2nccs2)CC1)c1ccc(NS(=O)(=O)c2ccccc2F)cc1. The molecule has 0 saturated carbocycles. The number of carbonyl (C=O) groups excluding carboxylic acids is 1. The number of piperidine rings is 1. The number of halogens is 1. The zero-order chi connectivity index (χ0) is 21.8. The Labute approximate surface area is 184 Å². The molecule has 31 heavy (non-hydrogen) atoms. The van der Waals surface area contributed by atoms with Crippen molar-refractivity contribution in [3.8, 4) is 0 Å². The summed E-state index contributed by atoms with van der Waals surface area (Å²) in [6.07, 6.45) is 3.44. The minimum absolute atomic E-state index is 0.0722. The van der Waals surface area contributed by atoms with Crippen LogP contribution in [0.25, 0.3) is 0 Å². The first kappa shape index (κ1) is 21.3. The van der Waals surface area contributed by atoms with Crippen LogP contribution in [0.3, 0.4) is 0 Å². The first-order chi connectivity index (χ1) is 14.9. The molecule has 3 aromatic rings. The molecule has 1 aromatic heterocycles. The van der Waals surface area contributed by atoms with Gasteiger partial charge in [-0.2, -0.15) is 0 Å². The molecule has 2 N–H and O–H groups in total. The second-order valence-electron chi connectivity index (χ2n) is 7.16. The van der Waals surface area contributed by atoms with Gasteiger partial charge in [0.2, 0.25) is 0 Å². The lowest BCUT2D eigenvalue weighted by molar-refractivity contribution is 0.0931. The van der Waals surface area contributed by atoms with Crippen LogP contribution in [0.5, 0.6) is 0 Å². The normalized spacial score (nSPS) is 14.9. The van der Waals surface area contributed by atoms with Crippen molar-refractivity contribution in [1.82, 2.24) is 10.3 Å². The molecule has 1 saturated heterocycles. The van der Waals surface area contributed by atoms with Crippen LogP contribution in [0.1, 0.15) is 23.2 Å². The smallest absolute Gasteiger partial charge is 0.264 e. The third-order valence-electron chi connectivity index (χ3n) is 5.05. The highest BCUT2D eigenvalue weighted by Crippen LogP contribution is 2.23. The minimum atomic E-state index is -4.06. The summed E-state index contributed by atoms with van der Waals surface area (Å²) >= 11 is 1.60. The molecule has 2 heterocycles. The standard InChI is InChI=1S/C21H21FN4O3S2/c22-18-3-1-2-4-19(18)31(28,29)25-17-7-5-15(6-8-17)20(27)24-16-9-12-26(13-10-16)21-23-11-14-30-21/h1-8,11,14,16,25H,9-10,12-13H2,(H,24,27). The molecule has 0 bridgehead atoms. The number of sulfonamides is 1. The first-order valence-corrected chi connectivity index (χ1v) is 12.1. The molecular weight excluding hydrogens is 439 g/mol. The predicted octanol–water partition coefficient (Wildman–Crippen LogP) is 3.48. The maximum Gasteiger partial charge on any atom is 0.264 e. The molecule has 7 nitrogen and oxygen atoms in total. The van der Waals surface area contributed by atoms with E-state index in [1.807, 2.05) is 5.38 Å². The molecule has 1 aliphatic heterocycles. The summed E-state index contributed by atoms with van der Waals surface area (Å²) in [7, 11) is -4.06. The van der Waals surface area contributed by atoms with Crippen molar-refractivity contribution < 1.29 is 17.6 Å². The zero-order valence-corrected chi connectivity index (χ0v) is 18.1. The van der Waals surface area contributed by atoms with Gasteiger partial charge in [-0.3, -0.25) is 9.52 Å². The molecule has 4 rings (SSSR count). The average Bonchev–Trinajstić information content (AvgIpc) is 3.29. The van der Waals surface area contributed by atoms with E-state index in [0.29, 0.717) is 5.56 Å². The molecule has 1 aliphatic rings. The number of anilines is 2. The second-order valence-corrected chi connectivity index (χ2v) is 9.69. The number of nitrogens with zero attached hydrogens (tertiary/aromatic N) is 2.